The van der Waals surface area contributed by atoms with Crippen LogP contribution < -0.4 is 24.4 Å². The standard InChI is InChI=1S/C34H37F3N6O4/c1-3-46-30-24(36)8-5-18-11-22(44)12-23(25(18)30)28-27(37)29-26(32(39-28)45-2)31(42-15-20-6-7-21(16-42)38-20)41-33(40-29)47-17-34-9-4-10-43(34)14-19(35)13-34/h5,8,11-12,19-21,38,44H,3-4,6-7,9-10,13-17H2,1-2H3/t19-,20?,21?,34+/m1/s1. The van der Waals surface area contributed by atoms with Crippen LogP contribution in [0, 0.1) is 11.6 Å². The summed E-state index contributed by atoms with van der Waals surface area (Å²) >= 11 is 0. The maximum atomic E-state index is 17.1. The van der Waals surface area contributed by atoms with Crippen molar-refractivity contribution in [2.45, 2.75) is 62.8 Å². The summed E-state index contributed by atoms with van der Waals surface area (Å²) in [4.78, 5) is 18.3. The van der Waals surface area contributed by atoms with Crippen molar-refractivity contribution >= 4 is 27.5 Å². The first-order chi connectivity index (χ1) is 22.8. The first-order valence-corrected chi connectivity index (χ1v) is 16.3. The van der Waals surface area contributed by atoms with Crippen LogP contribution in [0.4, 0.5) is 19.0 Å². The summed E-state index contributed by atoms with van der Waals surface area (Å²) in [6.45, 7) is 4.53. The van der Waals surface area contributed by atoms with Gasteiger partial charge in [-0.15, -0.1) is 0 Å². The summed E-state index contributed by atoms with van der Waals surface area (Å²) in [5.41, 5.74) is -0.621. The van der Waals surface area contributed by atoms with E-state index in [0.717, 1.165) is 32.2 Å². The SMILES string of the molecule is CCOc1c(F)ccc2cc(O)cc(-c3nc(OC)c4c(N5CC6CCC(C5)N6)nc(OC[C@@]56CCCN5C[C@H](F)C6)nc4c3F)c12. The minimum absolute atomic E-state index is 0.0261. The van der Waals surface area contributed by atoms with Gasteiger partial charge in [-0.2, -0.15) is 9.97 Å². The van der Waals surface area contributed by atoms with Gasteiger partial charge >= 0.3 is 6.01 Å². The Morgan fingerprint density at radius 2 is 1.85 bits per heavy atom. The Balaban J connectivity index is 1.32. The number of pyridine rings is 1. The molecule has 248 valence electrons. The Labute approximate surface area is 269 Å². The lowest BCUT2D eigenvalue weighted by atomic mass is 9.95. The Morgan fingerprint density at radius 3 is 2.62 bits per heavy atom. The smallest absolute Gasteiger partial charge is 0.319 e. The van der Waals surface area contributed by atoms with E-state index in [1.54, 1.807) is 6.92 Å². The molecule has 4 atom stereocenters. The minimum Gasteiger partial charge on any atom is -0.508 e. The molecule has 2 N–H and O–H groups in total. The molecule has 4 fully saturated rings. The molecular formula is C34H37F3N6O4. The second kappa shape index (κ2) is 11.6. The molecule has 4 aliphatic rings. The second-order valence-electron chi connectivity index (χ2n) is 13.1. The molecule has 0 aliphatic carbocycles. The maximum absolute atomic E-state index is 17.1. The third-order valence-electron chi connectivity index (χ3n) is 10.2. The lowest BCUT2D eigenvalue weighted by molar-refractivity contribution is 0.107. The van der Waals surface area contributed by atoms with Gasteiger partial charge in [-0.1, -0.05) is 6.07 Å². The van der Waals surface area contributed by atoms with Crippen molar-refractivity contribution in [3.05, 3.63) is 35.9 Å². The van der Waals surface area contributed by atoms with Crippen LogP contribution in [0.5, 0.6) is 23.4 Å². The molecule has 0 radical (unpaired) electrons. The highest BCUT2D eigenvalue weighted by molar-refractivity contribution is 6.04. The molecule has 4 aliphatic heterocycles. The highest BCUT2D eigenvalue weighted by Gasteiger charge is 2.49. The molecular weight excluding hydrogens is 613 g/mol. The van der Waals surface area contributed by atoms with Crippen molar-refractivity contribution in [2.75, 3.05) is 51.4 Å². The van der Waals surface area contributed by atoms with E-state index in [1.807, 2.05) is 0 Å². The first-order valence-electron chi connectivity index (χ1n) is 16.3. The van der Waals surface area contributed by atoms with E-state index in [2.05, 4.69) is 25.1 Å². The number of aromatic hydroxyl groups is 1. The summed E-state index contributed by atoms with van der Waals surface area (Å²) in [5, 5.41) is 15.3. The molecule has 6 heterocycles. The van der Waals surface area contributed by atoms with Crippen LogP contribution in [0.2, 0.25) is 0 Å². The molecule has 0 spiro atoms. The Hall–Kier alpha value is -4.10. The van der Waals surface area contributed by atoms with Gasteiger partial charge in [0.2, 0.25) is 5.88 Å². The highest BCUT2D eigenvalue weighted by Crippen LogP contribution is 2.45. The number of nitrogens with one attached hydrogen (secondary N) is 1. The minimum atomic E-state index is -0.929. The third-order valence-corrected chi connectivity index (χ3v) is 10.2. The van der Waals surface area contributed by atoms with Crippen molar-refractivity contribution in [1.82, 2.24) is 25.2 Å². The van der Waals surface area contributed by atoms with Gasteiger partial charge in [-0.25, -0.2) is 18.2 Å². The zero-order valence-corrected chi connectivity index (χ0v) is 26.4. The monoisotopic (exact) mass is 650 g/mol. The molecule has 13 heteroatoms. The quantitative estimate of drug-likeness (QED) is 0.267. The van der Waals surface area contributed by atoms with Gasteiger partial charge in [0.05, 0.1) is 19.3 Å². The lowest BCUT2D eigenvalue weighted by Gasteiger charge is -2.34. The summed E-state index contributed by atoms with van der Waals surface area (Å²) in [6.07, 6.45) is 3.23. The van der Waals surface area contributed by atoms with Gasteiger partial charge in [0.1, 0.15) is 40.9 Å². The molecule has 8 rings (SSSR count). The predicted octanol–water partition coefficient (Wildman–Crippen LogP) is 5.13. The van der Waals surface area contributed by atoms with E-state index in [4.69, 9.17) is 19.2 Å². The van der Waals surface area contributed by atoms with Crippen molar-refractivity contribution < 1.29 is 32.5 Å². The number of rotatable bonds is 8. The second-order valence-corrected chi connectivity index (χ2v) is 13.1. The third kappa shape index (κ3) is 5.05. The van der Waals surface area contributed by atoms with E-state index in [9.17, 15) is 9.50 Å². The van der Waals surface area contributed by atoms with Crippen molar-refractivity contribution in [1.29, 1.82) is 0 Å². The number of aromatic nitrogens is 3. The number of alkyl halides is 1. The number of halogens is 3. The number of fused-ring (bicyclic) bond motifs is 5. The van der Waals surface area contributed by atoms with Crippen molar-refractivity contribution in [2.24, 2.45) is 0 Å². The molecule has 47 heavy (non-hydrogen) atoms. The van der Waals surface area contributed by atoms with E-state index in [-0.39, 0.29) is 76.2 Å². The van der Waals surface area contributed by atoms with Gasteiger partial charge < -0.3 is 29.5 Å². The summed E-state index contributed by atoms with van der Waals surface area (Å²) < 4.78 is 64.4. The van der Waals surface area contributed by atoms with Crippen molar-refractivity contribution in [3.8, 4) is 34.6 Å². The molecule has 0 amide bonds. The van der Waals surface area contributed by atoms with Crippen LogP contribution in [-0.4, -0.2) is 95.3 Å². The number of methoxy groups -OCH3 is 1. The number of phenolic OH excluding ortho intramolecular Hbond substituents is 1. The van der Waals surface area contributed by atoms with Crippen LogP contribution in [0.1, 0.15) is 39.0 Å². The number of phenols is 1. The largest absolute Gasteiger partial charge is 0.508 e. The molecule has 2 aromatic carbocycles. The average molecular weight is 651 g/mol. The number of ether oxygens (including phenoxy) is 3. The highest BCUT2D eigenvalue weighted by atomic mass is 19.1. The van der Waals surface area contributed by atoms with Crippen molar-refractivity contribution in [3.63, 3.8) is 0 Å². The predicted molar refractivity (Wildman–Crippen MR) is 170 cm³/mol. The molecule has 4 saturated heterocycles. The Kier molecular flexibility index (Phi) is 7.43. The number of hydrogen-bond donors (Lipinski definition) is 2. The van der Waals surface area contributed by atoms with Crippen LogP contribution in [0.25, 0.3) is 32.9 Å². The van der Waals surface area contributed by atoms with Crippen LogP contribution in [0.3, 0.4) is 0 Å². The molecule has 2 unspecified atom stereocenters. The van der Waals surface area contributed by atoms with E-state index < -0.39 is 23.3 Å². The van der Waals surface area contributed by atoms with E-state index in [1.165, 1.54) is 31.4 Å². The van der Waals surface area contributed by atoms with Gasteiger partial charge in [0.25, 0.3) is 0 Å². The zero-order valence-electron chi connectivity index (χ0n) is 26.4. The fraction of sp³-hybridized carbons (Fsp3) is 0.500. The average Bonchev–Trinajstić information content (AvgIpc) is 3.71. The molecule has 2 aromatic heterocycles. The Bertz CT molecular complexity index is 1870. The summed E-state index contributed by atoms with van der Waals surface area (Å²) in [6, 6.07) is 6.00. The first kappa shape index (κ1) is 30.2. The van der Waals surface area contributed by atoms with Crippen LogP contribution >= 0.6 is 0 Å². The van der Waals surface area contributed by atoms with Crippen LogP contribution in [0.15, 0.2) is 24.3 Å². The lowest BCUT2D eigenvalue weighted by Crippen LogP contribution is -2.51. The fourth-order valence-electron chi connectivity index (χ4n) is 8.20. The van der Waals surface area contributed by atoms with Gasteiger partial charge in [0.15, 0.2) is 17.4 Å². The zero-order chi connectivity index (χ0) is 32.4. The van der Waals surface area contributed by atoms with Crippen LogP contribution in [-0.2, 0) is 0 Å². The number of piperazine rings is 1. The summed E-state index contributed by atoms with van der Waals surface area (Å²) in [5.74, 6) is -1.16. The van der Waals surface area contributed by atoms with Gasteiger partial charge in [-0.05, 0) is 62.7 Å². The normalized spacial score (nSPS) is 25.6. The van der Waals surface area contributed by atoms with Gasteiger partial charge in [-0.3, -0.25) is 4.90 Å². The van der Waals surface area contributed by atoms with Gasteiger partial charge in [0, 0.05) is 49.1 Å². The number of benzene rings is 2. The molecule has 0 saturated carbocycles. The number of nitrogens with zero attached hydrogens (tertiary/aromatic N) is 5. The number of hydrogen-bond acceptors (Lipinski definition) is 10. The van der Waals surface area contributed by atoms with E-state index in [0.29, 0.717) is 37.3 Å². The van der Waals surface area contributed by atoms with E-state index >= 15 is 8.78 Å². The molecule has 2 bridgehead atoms. The molecule has 4 aromatic rings. The topological polar surface area (TPSA) is 105 Å². The fourth-order valence-corrected chi connectivity index (χ4v) is 8.20. The summed E-state index contributed by atoms with van der Waals surface area (Å²) in [7, 11) is 1.44. The number of anilines is 1. The molecule has 10 nitrogen and oxygen atoms in total. The Morgan fingerprint density at radius 1 is 1.04 bits per heavy atom. The maximum Gasteiger partial charge on any atom is 0.319 e.